The number of fused-ring (bicyclic) bond motifs is 2. The molecule has 3 rings (SSSR count). The van der Waals surface area contributed by atoms with Crippen molar-refractivity contribution in [3.8, 4) is 11.5 Å². The molecule has 0 unspecified atom stereocenters. The van der Waals surface area contributed by atoms with Gasteiger partial charge in [0.1, 0.15) is 5.75 Å². The van der Waals surface area contributed by atoms with E-state index in [9.17, 15) is 9.59 Å². The third-order valence-corrected chi connectivity index (χ3v) is 4.17. The number of carbonyl (C=O) groups is 2. The molecule has 0 aliphatic carbocycles. The van der Waals surface area contributed by atoms with Crippen LogP contribution in [0, 0.1) is 0 Å². The lowest BCUT2D eigenvalue weighted by atomic mass is 10.2. The molecule has 0 saturated carbocycles. The number of rotatable bonds is 3. The molecule has 0 bridgehead atoms. The van der Waals surface area contributed by atoms with Crippen LogP contribution in [0.5, 0.6) is 11.5 Å². The number of benzene rings is 2. The lowest BCUT2D eigenvalue weighted by Crippen LogP contribution is -2.40. The first-order valence-corrected chi connectivity index (χ1v) is 7.36. The standard InChI is InChI=1S/C15H13N3O3S/c16-18-13(19)8-17-15(20)9-4-3-7-12-14(9)21-10-5-1-2-6-11(10)22-12/h1-7H,8,16H2,(H,17,20)(H,18,19). The highest BCUT2D eigenvalue weighted by atomic mass is 32.2. The maximum absolute atomic E-state index is 12.2. The van der Waals surface area contributed by atoms with Crippen LogP contribution in [0.2, 0.25) is 0 Å². The van der Waals surface area contributed by atoms with E-state index in [0.29, 0.717) is 17.1 Å². The maximum atomic E-state index is 12.2. The summed E-state index contributed by atoms with van der Waals surface area (Å²) in [4.78, 5) is 25.2. The van der Waals surface area contributed by atoms with Gasteiger partial charge in [0.15, 0.2) is 5.75 Å². The van der Waals surface area contributed by atoms with Crippen LogP contribution < -0.4 is 21.3 Å². The first kappa shape index (κ1) is 14.4. The lowest BCUT2D eigenvalue weighted by molar-refractivity contribution is -0.120. The summed E-state index contributed by atoms with van der Waals surface area (Å²) in [6.07, 6.45) is 0. The summed E-state index contributed by atoms with van der Waals surface area (Å²) in [6.45, 7) is -0.192. The molecule has 112 valence electrons. The Morgan fingerprint density at radius 2 is 1.86 bits per heavy atom. The van der Waals surface area contributed by atoms with Crippen molar-refractivity contribution in [3.05, 3.63) is 48.0 Å². The quantitative estimate of drug-likeness (QED) is 0.388. The summed E-state index contributed by atoms with van der Waals surface area (Å²) in [5, 5.41) is 2.50. The van der Waals surface area contributed by atoms with E-state index >= 15 is 0 Å². The molecule has 0 fully saturated rings. The van der Waals surface area contributed by atoms with Gasteiger partial charge in [-0.05, 0) is 24.3 Å². The molecule has 1 aliphatic heterocycles. The Balaban J connectivity index is 1.87. The average Bonchev–Trinajstić information content (AvgIpc) is 2.56. The second-order valence-corrected chi connectivity index (χ2v) is 5.62. The van der Waals surface area contributed by atoms with Crippen molar-refractivity contribution in [1.82, 2.24) is 10.7 Å². The molecule has 4 N–H and O–H groups in total. The largest absolute Gasteiger partial charge is 0.454 e. The van der Waals surface area contributed by atoms with E-state index in [2.05, 4.69) is 5.32 Å². The van der Waals surface area contributed by atoms with Crippen molar-refractivity contribution < 1.29 is 14.3 Å². The molecule has 2 aromatic carbocycles. The van der Waals surface area contributed by atoms with Crippen LogP contribution in [-0.4, -0.2) is 18.4 Å². The molecular formula is C15H13N3O3S. The van der Waals surface area contributed by atoms with E-state index in [1.54, 1.807) is 12.1 Å². The number of para-hydroxylation sites is 2. The van der Waals surface area contributed by atoms with Crippen molar-refractivity contribution >= 4 is 23.6 Å². The van der Waals surface area contributed by atoms with Gasteiger partial charge < -0.3 is 10.1 Å². The number of carbonyl (C=O) groups excluding carboxylic acids is 2. The van der Waals surface area contributed by atoms with Gasteiger partial charge in [0.2, 0.25) is 0 Å². The van der Waals surface area contributed by atoms with Gasteiger partial charge in [-0.15, -0.1) is 0 Å². The fourth-order valence-electron chi connectivity index (χ4n) is 2.03. The van der Waals surface area contributed by atoms with Crippen LogP contribution in [0.4, 0.5) is 0 Å². The molecule has 1 heterocycles. The summed E-state index contributed by atoms with van der Waals surface area (Å²) >= 11 is 1.54. The van der Waals surface area contributed by atoms with Gasteiger partial charge in [-0.25, -0.2) is 5.84 Å². The van der Waals surface area contributed by atoms with E-state index in [-0.39, 0.29) is 12.5 Å². The first-order valence-electron chi connectivity index (χ1n) is 6.54. The average molecular weight is 315 g/mol. The monoisotopic (exact) mass is 315 g/mol. The highest BCUT2D eigenvalue weighted by molar-refractivity contribution is 7.99. The Bertz CT molecular complexity index is 749. The summed E-state index contributed by atoms with van der Waals surface area (Å²) in [7, 11) is 0. The zero-order valence-electron chi connectivity index (χ0n) is 11.5. The third-order valence-electron chi connectivity index (χ3n) is 3.08. The molecule has 0 saturated heterocycles. The fraction of sp³-hybridized carbons (Fsp3) is 0.0667. The second kappa shape index (κ2) is 6.08. The lowest BCUT2D eigenvalue weighted by Gasteiger charge is -2.21. The number of hydrogen-bond acceptors (Lipinski definition) is 5. The highest BCUT2D eigenvalue weighted by Gasteiger charge is 2.23. The molecule has 2 aromatic rings. The molecule has 6 nitrogen and oxygen atoms in total. The number of nitrogens with one attached hydrogen (secondary N) is 2. The van der Waals surface area contributed by atoms with Gasteiger partial charge in [0, 0.05) is 0 Å². The molecule has 7 heteroatoms. The van der Waals surface area contributed by atoms with E-state index in [1.807, 2.05) is 35.8 Å². The number of nitrogens with two attached hydrogens (primary N) is 1. The van der Waals surface area contributed by atoms with E-state index in [4.69, 9.17) is 10.6 Å². The van der Waals surface area contributed by atoms with Gasteiger partial charge in [-0.3, -0.25) is 15.0 Å². The van der Waals surface area contributed by atoms with Gasteiger partial charge in [0.25, 0.3) is 11.8 Å². The molecule has 22 heavy (non-hydrogen) atoms. The summed E-state index contributed by atoms with van der Waals surface area (Å²) in [5.74, 6) is 5.33. The smallest absolute Gasteiger partial charge is 0.255 e. The highest BCUT2D eigenvalue weighted by Crippen LogP contribution is 2.48. The van der Waals surface area contributed by atoms with Crippen molar-refractivity contribution in [2.24, 2.45) is 5.84 Å². The Morgan fingerprint density at radius 3 is 2.68 bits per heavy atom. The van der Waals surface area contributed by atoms with E-state index in [0.717, 1.165) is 9.79 Å². The predicted octanol–water partition coefficient (Wildman–Crippen LogP) is 1.66. The predicted molar refractivity (Wildman–Crippen MR) is 81.7 cm³/mol. The van der Waals surface area contributed by atoms with Gasteiger partial charge in [0.05, 0.1) is 21.9 Å². The molecular weight excluding hydrogens is 302 g/mol. The van der Waals surface area contributed by atoms with Crippen molar-refractivity contribution in [2.75, 3.05) is 6.54 Å². The van der Waals surface area contributed by atoms with Crippen LogP contribution in [0.1, 0.15) is 10.4 Å². The Labute approximate surface area is 131 Å². The normalized spacial score (nSPS) is 11.7. The van der Waals surface area contributed by atoms with Crippen molar-refractivity contribution in [2.45, 2.75) is 9.79 Å². The minimum atomic E-state index is -0.473. The third kappa shape index (κ3) is 2.76. The Hall–Kier alpha value is -2.51. The van der Waals surface area contributed by atoms with Crippen LogP contribution in [0.15, 0.2) is 52.3 Å². The van der Waals surface area contributed by atoms with E-state index < -0.39 is 5.91 Å². The topological polar surface area (TPSA) is 93.5 Å². The van der Waals surface area contributed by atoms with Crippen LogP contribution in [-0.2, 0) is 4.79 Å². The minimum absolute atomic E-state index is 0.192. The van der Waals surface area contributed by atoms with Gasteiger partial charge >= 0.3 is 0 Å². The van der Waals surface area contributed by atoms with Crippen molar-refractivity contribution in [3.63, 3.8) is 0 Å². The van der Waals surface area contributed by atoms with Crippen LogP contribution >= 0.6 is 11.8 Å². The molecule has 1 aliphatic rings. The molecule has 0 aromatic heterocycles. The minimum Gasteiger partial charge on any atom is -0.454 e. The van der Waals surface area contributed by atoms with Crippen LogP contribution in [0.3, 0.4) is 0 Å². The Morgan fingerprint density at radius 1 is 1.09 bits per heavy atom. The van der Waals surface area contributed by atoms with Gasteiger partial charge in [-0.1, -0.05) is 30.0 Å². The SMILES string of the molecule is NNC(=O)CNC(=O)c1cccc2c1Oc1ccccc1S2. The summed E-state index contributed by atoms with van der Waals surface area (Å²) in [6, 6.07) is 12.9. The fourth-order valence-corrected chi connectivity index (χ4v) is 3.02. The number of amides is 2. The molecule has 0 atom stereocenters. The molecule has 0 radical (unpaired) electrons. The van der Waals surface area contributed by atoms with E-state index in [1.165, 1.54) is 11.8 Å². The number of ether oxygens (including phenoxy) is 1. The number of hydrazine groups is 1. The zero-order valence-corrected chi connectivity index (χ0v) is 12.3. The maximum Gasteiger partial charge on any atom is 0.255 e. The van der Waals surface area contributed by atoms with Crippen molar-refractivity contribution in [1.29, 1.82) is 0 Å². The van der Waals surface area contributed by atoms with Gasteiger partial charge in [-0.2, -0.15) is 0 Å². The first-order chi connectivity index (χ1) is 10.7. The molecule has 0 spiro atoms. The summed E-state index contributed by atoms with van der Waals surface area (Å²) < 4.78 is 5.86. The van der Waals surface area contributed by atoms with Crippen LogP contribution in [0.25, 0.3) is 0 Å². The number of hydrogen-bond donors (Lipinski definition) is 3. The second-order valence-electron chi connectivity index (χ2n) is 4.53. The molecule has 2 amide bonds. The summed E-state index contributed by atoms with van der Waals surface area (Å²) in [5.41, 5.74) is 2.34. The Kier molecular flexibility index (Phi) is 3.99. The zero-order chi connectivity index (χ0) is 15.5.